The molecular weight excluding hydrogens is 546 g/mol. The highest BCUT2D eigenvalue weighted by molar-refractivity contribution is 9.12. The summed E-state index contributed by atoms with van der Waals surface area (Å²) in [6, 6.07) is 0. The fourth-order valence-electron chi connectivity index (χ4n) is 4.74. The minimum absolute atomic E-state index is 0.0779. The summed E-state index contributed by atoms with van der Waals surface area (Å²) in [5, 5.41) is 1.71. The first kappa shape index (κ1) is 18.1. The Balaban J connectivity index is 1.42. The molecule has 0 aliphatic heterocycles. The molecule has 3 aliphatic rings. The average Bonchev–Trinajstić information content (AvgIpc) is 3.33. The van der Waals surface area contributed by atoms with Gasteiger partial charge in [-0.25, -0.2) is 4.98 Å². The number of nitrogens with zero attached hydrogens (tertiary/aromatic N) is 1. The molecule has 4 nitrogen and oxygen atoms in total. The summed E-state index contributed by atoms with van der Waals surface area (Å²) in [6.45, 7) is 0. The van der Waals surface area contributed by atoms with Crippen molar-refractivity contribution in [3.63, 3.8) is 0 Å². The number of aromatic nitrogens is 1. The van der Waals surface area contributed by atoms with E-state index in [0.29, 0.717) is 39.1 Å². The number of carbonyl (C=O) groups is 3. The van der Waals surface area contributed by atoms with Crippen molar-refractivity contribution >= 4 is 93.3 Å². The predicted octanol–water partition coefficient (Wildman–Crippen LogP) is 6.19. The minimum atomic E-state index is -0.142. The second kappa shape index (κ2) is 6.14. The van der Waals surface area contributed by atoms with Crippen molar-refractivity contribution in [1.82, 2.24) is 4.98 Å². The third-order valence-corrected chi connectivity index (χ3v) is 11.5. The second-order valence-corrected chi connectivity index (χ2v) is 13.3. The van der Waals surface area contributed by atoms with Crippen molar-refractivity contribution in [3.05, 3.63) is 33.6 Å². The molecule has 0 amide bonds. The topological polar surface area (TPSA) is 64.1 Å². The van der Waals surface area contributed by atoms with Gasteiger partial charge < -0.3 is 0 Å². The van der Waals surface area contributed by atoms with Crippen molar-refractivity contribution < 1.29 is 14.4 Å². The van der Waals surface area contributed by atoms with E-state index in [1.54, 1.807) is 0 Å². The molecule has 142 valence electrons. The van der Waals surface area contributed by atoms with E-state index in [1.807, 2.05) is 0 Å². The maximum absolute atomic E-state index is 13.3. The molecule has 0 N–H and O–H groups in total. The Morgan fingerprint density at radius 1 is 0.929 bits per heavy atom. The largest absolute Gasteiger partial charge is 0.299 e. The van der Waals surface area contributed by atoms with Gasteiger partial charge >= 0.3 is 0 Å². The van der Waals surface area contributed by atoms with Crippen LogP contribution >= 0.6 is 65.9 Å². The van der Waals surface area contributed by atoms with Crippen LogP contribution in [0.15, 0.2) is 7.57 Å². The standard InChI is InChI=1S/C19H11Br2NO3S3/c20-17-10-9-12(24)11-16(13(25)14(9)26-15(10)18(21)28-17)27-19(22-11)5-1-2-7-6(3-5)4-8(7)23/h5-7H,1-4H2. The van der Waals surface area contributed by atoms with E-state index in [1.165, 1.54) is 34.0 Å². The number of hydrogen-bond acceptors (Lipinski definition) is 7. The van der Waals surface area contributed by atoms with E-state index in [2.05, 4.69) is 36.8 Å². The molecule has 3 aromatic rings. The maximum atomic E-state index is 13.3. The van der Waals surface area contributed by atoms with Crippen molar-refractivity contribution in [1.29, 1.82) is 0 Å². The van der Waals surface area contributed by atoms with E-state index in [-0.39, 0.29) is 23.4 Å². The Morgan fingerprint density at radius 2 is 1.75 bits per heavy atom. The molecule has 3 atom stereocenters. The number of thiazole rings is 1. The maximum Gasteiger partial charge on any atom is 0.216 e. The average molecular weight is 557 g/mol. The Morgan fingerprint density at radius 3 is 2.50 bits per heavy atom. The lowest BCUT2D eigenvalue weighted by atomic mass is 9.62. The number of halogens is 2. The van der Waals surface area contributed by atoms with Crippen molar-refractivity contribution in [2.45, 2.75) is 31.6 Å². The van der Waals surface area contributed by atoms with Crippen LogP contribution in [0.5, 0.6) is 0 Å². The number of Topliss-reactive ketones (excluding diaryl/α,β-unsaturated/α-hetero) is 1. The lowest BCUT2D eigenvalue weighted by Gasteiger charge is -2.41. The first-order chi connectivity index (χ1) is 13.4. The zero-order chi connectivity index (χ0) is 19.3. The molecule has 3 heterocycles. The van der Waals surface area contributed by atoms with Gasteiger partial charge in [-0.15, -0.1) is 34.0 Å². The van der Waals surface area contributed by atoms with Crippen molar-refractivity contribution in [3.8, 4) is 0 Å². The first-order valence-corrected chi connectivity index (χ1v) is 13.0. The van der Waals surface area contributed by atoms with Gasteiger partial charge in [-0.05, 0) is 57.0 Å². The molecule has 9 heteroatoms. The minimum Gasteiger partial charge on any atom is -0.299 e. The number of rotatable bonds is 1. The zero-order valence-electron chi connectivity index (χ0n) is 14.2. The van der Waals surface area contributed by atoms with E-state index in [4.69, 9.17) is 0 Å². The van der Waals surface area contributed by atoms with Crippen molar-refractivity contribution in [2.75, 3.05) is 0 Å². The lowest BCUT2D eigenvalue weighted by molar-refractivity contribution is -0.136. The van der Waals surface area contributed by atoms with Crippen LogP contribution in [0, 0.1) is 11.8 Å². The van der Waals surface area contributed by atoms with Gasteiger partial charge in [-0.1, -0.05) is 0 Å². The van der Waals surface area contributed by atoms with E-state index < -0.39 is 0 Å². The summed E-state index contributed by atoms with van der Waals surface area (Å²) in [4.78, 5) is 43.8. The highest BCUT2D eigenvalue weighted by Gasteiger charge is 2.45. The second-order valence-electron chi connectivity index (χ2n) is 7.59. The van der Waals surface area contributed by atoms with E-state index in [9.17, 15) is 14.4 Å². The zero-order valence-corrected chi connectivity index (χ0v) is 19.8. The fraction of sp³-hybridized carbons (Fsp3) is 0.368. The van der Waals surface area contributed by atoms with Crippen LogP contribution < -0.4 is 0 Å². The van der Waals surface area contributed by atoms with Crippen LogP contribution in [-0.2, 0) is 4.79 Å². The molecule has 0 aromatic carbocycles. The summed E-state index contributed by atoms with van der Waals surface area (Å²) >= 11 is 11.4. The van der Waals surface area contributed by atoms with Crippen molar-refractivity contribution in [2.24, 2.45) is 11.8 Å². The van der Waals surface area contributed by atoms with E-state index in [0.717, 1.165) is 41.9 Å². The molecule has 0 bridgehead atoms. The number of carbonyl (C=O) groups excluding carboxylic acids is 3. The lowest BCUT2D eigenvalue weighted by Crippen LogP contribution is -2.41. The van der Waals surface area contributed by atoms with Gasteiger partial charge in [0.15, 0.2) is 0 Å². The summed E-state index contributed by atoms with van der Waals surface area (Å²) < 4.78 is 2.73. The summed E-state index contributed by atoms with van der Waals surface area (Å²) in [5.74, 6) is 1.13. The SMILES string of the molecule is O=C1c2sc(C3CCC4C(=O)CC4C3)nc2C(=O)c2c1sc1c(Br)sc(Br)c21. The summed E-state index contributed by atoms with van der Waals surface area (Å²) in [7, 11) is 0. The quantitative estimate of drug-likeness (QED) is 0.280. The van der Waals surface area contributed by atoms with Gasteiger partial charge in [0.25, 0.3) is 0 Å². The Hall–Kier alpha value is -0.740. The Kier molecular flexibility index (Phi) is 3.96. The monoisotopic (exact) mass is 555 g/mol. The van der Waals surface area contributed by atoms with Crippen LogP contribution in [0.3, 0.4) is 0 Å². The molecule has 0 saturated heterocycles. The number of fused-ring (bicyclic) bond motifs is 5. The van der Waals surface area contributed by atoms with E-state index >= 15 is 0 Å². The molecule has 2 fully saturated rings. The summed E-state index contributed by atoms with van der Waals surface area (Å²) in [6.07, 6.45) is 3.45. The molecule has 3 aromatic heterocycles. The molecule has 0 spiro atoms. The van der Waals surface area contributed by atoms with Crippen LogP contribution in [0.4, 0.5) is 0 Å². The van der Waals surface area contributed by atoms with Gasteiger partial charge in [0.2, 0.25) is 11.6 Å². The predicted molar refractivity (Wildman–Crippen MR) is 117 cm³/mol. The molecule has 2 saturated carbocycles. The third-order valence-electron chi connectivity index (χ3n) is 6.17. The van der Waals surface area contributed by atoms with Gasteiger partial charge in [0.1, 0.15) is 16.4 Å². The molecule has 3 unspecified atom stereocenters. The fourth-order valence-corrected chi connectivity index (χ4v) is 10.6. The highest BCUT2D eigenvalue weighted by Crippen LogP contribution is 2.51. The van der Waals surface area contributed by atoms with Gasteiger partial charge in [-0.2, -0.15) is 0 Å². The smallest absolute Gasteiger partial charge is 0.216 e. The Bertz CT molecular complexity index is 1240. The molecule has 0 radical (unpaired) electrons. The van der Waals surface area contributed by atoms with Crippen LogP contribution in [0.2, 0.25) is 0 Å². The third kappa shape index (κ3) is 2.31. The summed E-state index contributed by atoms with van der Waals surface area (Å²) in [5.41, 5.74) is 0.815. The first-order valence-electron chi connectivity index (χ1n) is 8.97. The molecule has 6 rings (SSSR count). The van der Waals surface area contributed by atoms with Crippen LogP contribution in [0.1, 0.15) is 67.2 Å². The number of thiophene rings is 2. The molecule has 28 heavy (non-hydrogen) atoms. The van der Waals surface area contributed by atoms with Gasteiger partial charge in [0.05, 0.1) is 27.7 Å². The number of ketones is 3. The van der Waals surface area contributed by atoms with Crippen LogP contribution in [0.25, 0.3) is 10.1 Å². The van der Waals surface area contributed by atoms with Gasteiger partial charge in [-0.3, -0.25) is 14.4 Å². The molecular formula is C19H11Br2NO3S3. The molecule has 3 aliphatic carbocycles. The van der Waals surface area contributed by atoms with Gasteiger partial charge in [0, 0.05) is 23.6 Å². The highest BCUT2D eigenvalue weighted by atomic mass is 79.9. The van der Waals surface area contributed by atoms with Crippen LogP contribution in [-0.4, -0.2) is 22.3 Å². The number of hydrogen-bond donors (Lipinski definition) is 0. The Labute approximate surface area is 188 Å². The normalized spacial score (nSPS) is 26.2.